The maximum atomic E-state index is 13.2. The van der Waals surface area contributed by atoms with E-state index in [-0.39, 0.29) is 23.5 Å². The average molecular weight is 422 g/mol. The molecule has 1 heterocycles. The number of halogens is 1. The molecule has 1 atom stereocenters. The summed E-state index contributed by atoms with van der Waals surface area (Å²) in [4.78, 5) is 12.4. The third-order valence-electron chi connectivity index (χ3n) is 4.84. The van der Waals surface area contributed by atoms with Gasteiger partial charge < -0.3 is 10.6 Å². The van der Waals surface area contributed by atoms with Gasteiger partial charge in [0.1, 0.15) is 0 Å². The third kappa shape index (κ3) is 4.84. The van der Waals surface area contributed by atoms with Crippen LogP contribution in [0.1, 0.15) is 24.8 Å². The van der Waals surface area contributed by atoms with Gasteiger partial charge in [0.2, 0.25) is 10.0 Å². The fourth-order valence-electron chi connectivity index (χ4n) is 3.38. The molecule has 8 heteroatoms. The number of nitrogens with zero attached hydrogens (tertiary/aromatic N) is 1. The van der Waals surface area contributed by atoms with Gasteiger partial charge in [-0.15, -0.1) is 0 Å². The molecule has 150 valence electrons. The van der Waals surface area contributed by atoms with Crippen molar-refractivity contribution in [2.24, 2.45) is 0 Å². The minimum Gasteiger partial charge on any atom is -0.336 e. The molecular weight excluding hydrogens is 398 g/mol. The van der Waals surface area contributed by atoms with Gasteiger partial charge in [-0.2, -0.15) is 4.31 Å². The number of amides is 2. The highest BCUT2D eigenvalue weighted by Gasteiger charge is 2.34. The largest absolute Gasteiger partial charge is 0.336 e. The monoisotopic (exact) mass is 421 g/mol. The molecule has 3 rings (SSSR count). The Kier molecular flexibility index (Phi) is 6.59. The van der Waals surface area contributed by atoms with Gasteiger partial charge in [0.05, 0.1) is 4.90 Å². The molecule has 0 spiro atoms. The second-order valence-corrected chi connectivity index (χ2v) is 9.17. The molecular formula is C20H24ClN3O3S. The van der Waals surface area contributed by atoms with Crippen LogP contribution >= 0.6 is 11.6 Å². The first-order chi connectivity index (χ1) is 13.4. The highest BCUT2D eigenvalue weighted by atomic mass is 35.5. The van der Waals surface area contributed by atoms with Crippen LogP contribution in [0.2, 0.25) is 5.02 Å². The number of carbonyl (C=O) groups is 1. The number of carbonyl (C=O) groups excluding carboxylic acids is 1. The summed E-state index contributed by atoms with van der Waals surface area (Å²) in [5, 5.41) is 5.93. The number of sulfonamides is 1. The molecule has 2 N–H and O–H groups in total. The molecule has 1 unspecified atom stereocenters. The van der Waals surface area contributed by atoms with E-state index in [0.29, 0.717) is 29.2 Å². The normalized spacial score (nSPS) is 17.9. The van der Waals surface area contributed by atoms with Gasteiger partial charge in [-0.05, 0) is 49.6 Å². The number of urea groups is 1. The summed E-state index contributed by atoms with van der Waals surface area (Å²) < 4.78 is 28.0. The summed E-state index contributed by atoms with van der Waals surface area (Å²) in [6, 6.07) is 13.3. The van der Waals surface area contributed by atoms with Gasteiger partial charge in [0.15, 0.2) is 0 Å². The maximum absolute atomic E-state index is 13.2. The molecule has 2 aromatic rings. The molecule has 0 aromatic heterocycles. The van der Waals surface area contributed by atoms with Crippen LogP contribution in [0.4, 0.5) is 10.5 Å². The summed E-state index contributed by atoms with van der Waals surface area (Å²) in [6.07, 6.45) is 2.42. The summed E-state index contributed by atoms with van der Waals surface area (Å²) >= 11 is 6.03. The Labute approximate surface area is 170 Å². The number of hydrogen-bond acceptors (Lipinski definition) is 3. The summed E-state index contributed by atoms with van der Waals surface area (Å²) in [5.74, 6) is 0. The standard InChI is InChI=1S/C20H24ClN3O3S/c1-15-10-11-16(21)13-19(15)28(26,27)24-12-6-5-9-18(24)14-22-20(25)23-17-7-3-2-4-8-17/h2-4,7-8,10-11,13,18H,5-6,9,12,14H2,1H3,(H2,22,23,25). The van der Waals surface area contributed by atoms with Gasteiger partial charge in [-0.1, -0.05) is 42.3 Å². The molecule has 1 saturated heterocycles. The zero-order valence-electron chi connectivity index (χ0n) is 15.7. The fraction of sp³-hybridized carbons (Fsp3) is 0.350. The molecule has 2 aromatic carbocycles. The van der Waals surface area contributed by atoms with Gasteiger partial charge in [-0.3, -0.25) is 0 Å². The van der Waals surface area contributed by atoms with Gasteiger partial charge in [-0.25, -0.2) is 13.2 Å². The Hall–Kier alpha value is -2.09. The Balaban J connectivity index is 1.71. The second kappa shape index (κ2) is 8.94. The van der Waals surface area contributed by atoms with Gasteiger partial charge in [0, 0.05) is 29.8 Å². The lowest BCUT2D eigenvalue weighted by molar-refractivity contribution is 0.231. The van der Waals surface area contributed by atoms with Crippen molar-refractivity contribution in [1.82, 2.24) is 9.62 Å². The number of nitrogens with one attached hydrogen (secondary N) is 2. The SMILES string of the molecule is Cc1ccc(Cl)cc1S(=O)(=O)N1CCCCC1CNC(=O)Nc1ccccc1. The van der Waals surface area contributed by atoms with Crippen LogP contribution in [0, 0.1) is 6.92 Å². The number of benzene rings is 2. The minimum absolute atomic E-state index is 0.223. The number of hydrogen-bond donors (Lipinski definition) is 2. The second-order valence-electron chi connectivity index (χ2n) is 6.88. The van der Waals surface area contributed by atoms with Crippen molar-refractivity contribution in [3.63, 3.8) is 0 Å². The number of piperidine rings is 1. The molecule has 1 aliphatic rings. The topological polar surface area (TPSA) is 78.5 Å². The van der Waals surface area contributed by atoms with Crippen LogP contribution in [0.25, 0.3) is 0 Å². The van der Waals surface area contributed by atoms with Crippen LogP contribution in [-0.4, -0.2) is 37.9 Å². The molecule has 0 bridgehead atoms. The van der Waals surface area contributed by atoms with E-state index in [4.69, 9.17) is 11.6 Å². The predicted octanol–water partition coefficient (Wildman–Crippen LogP) is 4.01. The molecule has 28 heavy (non-hydrogen) atoms. The van der Waals surface area contributed by atoms with Crippen molar-refractivity contribution < 1.29 is 13.2 Å². The summed E-state index contributed by atoms with van der Waals surface area (Å²) in [6.45, 7) is 2.44. The Morgan fingerprint density at radius 2 is 1.93 bits per heavy atom. The number of para-hydroxylation sites is 1. The van der Waals surface area contributed by atoms with Crippen molar-refractivity contribution in [3.8, 4) is 0 Å². The number of anilines is 1. The van der Waals surface area contributed by atoms with E-state index in [9.17, 15) is 13.2 Å². The molecule has 0 saturated carbocycles. The van der Waals surface area contributed by atoms with Gasteiger partial charge in [0.25, 0.3) is 0 Å². The van der Waals surface area contributed by atoms with Crippen LogP contribution < -0.4 is 10.6 Å². The maximum Gasteiger partial charge on any atom is 0.319 e. The molecule has 2 amide bonds. The van der Waals surface area contributed by atoms with E-state index >= 15 is 0 Å². The third-order valence-corrected chi connectivity index (χ3v) is 7.17. The minimum atomic E-state index is -3.69. The van der Waals surface area contributed by atoms with Crippen LogP contribution in [0.15, 0.2) is 53.4 Å². The van der Waals surface area contributed by atoms with E-state index < -0.39 is 10.0 Å². The number of aryl methyl sites for hydroxylation is 1. The van der Waals surface area contributed by atoms with Crippen molar-refractivity contribution in [2.45, 2.75) is 37.1 Å². The first-order valence-corrected chi connectivity index (χ1v) is 11.1. The van der Waals surface area contributed by atoms with Gasteiger partial charge >= 0.3 is 6.03 Å². The lowest BCUT2D eigenvalue weighted by atomic mass is 10.1. The highest BCUT2D eigenvalue weighted by molar-refractivity contribution is 7.89. The zero-order valence-corrected chi connectivity index (χ0v) is 17.3. The average Bonchev–Trinajstić information content (AvgIpc) is 2.69. The van der Waals surface area contributed by atoms with Crippen molar-refractivity contribution in [3.05, 3.63) is 59.1 Å². The van der Waals surface area contributed by atoms with Crippen LogP contribution in [-0.2, 0) is 10.0 Å². The number of rotatable bonds is 5. The molecule has 0 aliphatic carbocycles. The summed E-state index contributed by atoms with van der Waals surface area (Å²) in [5.41, 5.74) is 1.34. The van der Waals surface area contributed by atoms with E-state index in [1.54, 1.807) is 31.2 Å². The Morgan fingerprint density at radius 3 is 2.68 bits per heavy atom. The van der Waals surface area contributed by atoms with Crippen molar-refractivity contribution >= 4 is 33.3 Å². The van der Waals surface area contributed by atoms with Crippen LogP contribution in [0.5, 0.6) is 0 Å². The molecule has 1 fully saturated rings. The lowest BCUT2D eigenvalue weighted by Crippen LogP contribution is -2.49. The van der Waals surface area contributed by atoms with Crippen molar-refractivity contribution in [2.75, 3.05) is 18.4 Å². The van der Waals surface area contributed by atoms with Crippen LogP contribution in [0.3, 0.4) is 0 Å². The smallest absolute Gasteiger partial charge is 0.319 e. The van der Waals surface area contributed by atoms with E-state index in [2.05, 4.69) is 10.6 Å². The zero-order chi connectivity index (χ0) is 20.1. The first kappa shape index (κ1) is 20.6. The molecule has 6 nitrogen and oxygen atoms in total. The van der Waals surface area contributed by atoms with E-state index in [1.807, 2.05) is 18.2 Å². The Morgan fingerprint density at radius 1 is 1.18 bits per heavy atom. The first-order valence-electron chi connectivity index (χ1n) is 9.26. The van der Waals surface area contributed by atoms with E-state index in [0.717, 1.165) is 12.8 Å². The fourth-order valence-corrected chi connectivity index (χ4v) is 5.56. The van der Waals surface area contributed by atoms with E-state index in [1.165, 1.54) is 10.4 Å². The summed E-state index contributed by atoms with van der Waals surface area (Å²) in [7, 11) is -3.69. The van der Waals surface area contributed by atoms with Crippen molar-refractivity contribution in [1.29, 1.82) is 0 Å². The lowest BCUT2D eigenvalue weighted by Gasteiger charge is -2.35. The quantitative estimate of drug-likeness (QED) is 0.765. The molecule has 0 radical (unpaired) electrons. The Bertz CT molecular complexity index is 935. The highest BCUT2D eigenvalue weighted by Crippen LogP contribution is 2.28. The predicted molar refractivity (Wildman–Crippen MR) is 111 cm³/mol. The molecule has 1 aliphatic heterocycles.